The minimum absolute atomic E-state index is 0.224. The van der Waals surface area contributed by atoms with E-state index < -0.39 is 0 Å². The van der Waals surface area contributed by atoms with E-state index in [0.29, 0.717) is 24.2 Å². The molecule has 2 amide bonds. The molecule has 1 aromatic rings. The van der Waals surface area contributed by atoms with E-state index in [1.54, 1.807) is 12.7 Å². The van der Waals surface area contributed by atoms with Crippen LogP contribution in [0.4, 0.5) is 0 Å². The Morgan fingerprint density at radius 1 is 0.903 bits per heavy atom. The van der Waals surface area contributed by atoms with Gasteiger partial charge in [0.2, 0.25) is 11.8 Å². The normalized spacial score (nSPS) is 37.7. The van der Waals surface area contributed by atoms with E-state index in [9.17, 15) is 9.59 Å². The zero-order valence-electron chi connectivity index (χ0n) is 18.3. The van der Waals surface area contributed by atoms with Crippen molar-refractivity contribution < 1.29 is 9.59 Å². The van der Waals surface area contributed by atoms with Crippen LogP contribution in [0.2, 0.25) is 0 Å². The number of piperidine rings is 3. The molecule has 8 nitrogen and oxygen atoms in total. The Morgan fingerprint density at radius 2 is 1.65 bits per heavy atom. The Labute approximate surface area is 183 Å². The summed E-state index contributed by atoms with van der Waals surface area (Å²) in [5.74, 6) is 2.61. The monoisotopic (exact) mass is 426 g/mol. The van der Waals surface area contributed by atoms with Gasteiger partial charge in [0.05, 0.1) is 0 Å². The summed E-state index contributed by atoms with van der Waals surface area (Å²) in [5, 5.41) is 7.82. The van der Waals surface area contributed by atoms with Crippen molar-refractivity contribution in [1.82, 2.24) is 29.5 Å². The minimum Gasteiger partial charge on any atom is -0.340 e. The maximum absolute atomic E-state index is 13.9. The van der Waals surface area contributed by atoms with Crippen molar-refractivity contribution in [1.29, 1.82) is 0 Å². The molecule has 31 heavy (non-hydrogen) atoms. The molecule has 6 atom stereocenters. The lowest BCUT2D eigenvalue weighted by atomic mass is 9.71. The molecule has 0 radical (unpaired) electrons. The van der Waals surface area contributed by atoms with Crippen molar-refractivity contribution >= 4 is 11.8 Å². The Morgan fingerprint density at radius 3 is 2.42 bits per heavy atom. The number of carbonyl (C=O) groups is 2. The SMILES string of the molecule is O=C([C@H]1[C@H]2C[C@H](CN(CCn3cnnc3)C2)[C@@H]2CCCC(=O)N21)N1C[C@H]2CCC[C@H]2C1. The fraction of sp³-hybridized carbons (Fsp3) is 0.826. The molecule has 5 aliphatic rings. The zero-order chi connectivity index (χ0) is 20.9. The molecular formula is C23H34N6O2. The van der Waals surface area contributed by atoms with Crippen molar-refractivity contribution in [2.45, 2.75) is 63.6 Å². The molecule has 0 unspecified atom stereocenters. The number of rotatable bonds is 4. The summed E-state index contributed by atoms with van der Waals surface area (Å²) in [4.78, 5) is 33.7. The zero-order valence-corrected chi connectivity index (χ0v) is 18.3. The summed E-state index contributed by atoms with van der Waals surface area (Å²) in [6.07, 6.45) is 11.1. The van der Waals surface area contributed by atoms with E-state index in [-0.39, 0.29) is 29.8 Å². The number of carbonyl (C=O) groups excluding carboxylic acids is 2. The van der Waals surface area contributed by atoms with E-state index >= 15 is 0 Å². The Balaban J connectivity index is 1.22. The smallest absolute Gasteiger partial charge is 0.245 e. The Kier molecular flexibility index (Phi) is 5.00. The van der Waals surface area contributed by atoms with Gasteiger partial charge in [-0.2, -0.15) is 0 Å². The number of aromatic nitrogens is 3. The molecule has 4 aliphatic heterocycles. The van der Waals surface area contributed by atoms with E-state index in [1.165, 1.54) is 19.3 Å². The molecule has 8 heteroatoms. The molecule has 0 spiro atoms. The largest absolute Gasteiger partial charge is 0.340 e. The van der Waals surface area contributed by atoms with Gasteiger partial charge in [0.1, 0.15) is 18.7 Å². The maximum atomic E-state index is 13.9. The average Bonchev–Trinajstić information content (AvgIpc) is 3.50. The first kappa shape index (κ1) is 19.7. The van der Waals surface area contributed by atoms with E-state index in [1.807, 2.05) is 4.57 Å². The van der Waals surface area contributed by atoms with Crippen molar-refractivity contribution in [2.24, 2.45) is 23.7 Å². The van der Waals surface area contributed by atoms with Crippen molar-refractivity contribution in [3.63, 3.8) is 0 Å². The summed E-state index contributed by atoms with van der Waals surface area (Å²) >= 11 is 0. The van der Waals surface area contributed by atoms with Gasteiger partial charge in [0, 0.05) is 57.6 Å². The van der Waals surface area contributed by atoms with Gasteiger partial charge in [-0.3, -0.25) is 9.59 Å². The second-order valence-corrected chi connectivity index (χ2v) is 10.6. The van der Waals surface area contributed by atoms with E-state index in [2.05, 4.69) is 24.9 Å². The van der Waals surface area contributed by atoms with Crippen LogP contribution in [-0.2, 0) is 16.1 Å². The minimum atomic E-state index is -0.245. The van der Waals surface area contributed by atoms with Crippen LogP contribution in [0.15, 0.2) is 12.7 Å². The lowest BCUT2D eigenvalue weighted by Gasteiger charge is -2.56. The summed E-state index contributed by atoms with van der Waals surface area (Å²) < 4.78 is 2.02. The molecule has 5 fully saturated rings. The first-order chi connectivity index (χ1) is 15.2. The van der Waals surface area contributed by atoms with Crippen LogP contribution in [0.3, 0.4) is 0 Å². The Hall–Kier alpha value is -1.96. The molecule has 2 bridgehead atoms. The third kappa shape index (κ3) is 3.47. The van der Waals surface area contributed by atoms with Crippen LogP contribution in [-0.4, -0.2) is 86.1 Å². The predicted molar refractivity (Wildman–Crippen MR) is 114 cm³/mol. The van der Waals surface area contributed by atoms with Crippen LogP contribution >= 0.6 is 0 Å². The van der Waals surface area contributed by atoms with Crippen LogP contribution in [0, 0.1) is 23.7 Å². The number of hydrogen-bond acceptors (Lipinski definition) is 5. The molecule has 0 aromatic carbocycles. The molecule has 0 N–H and O–H groups in total. The predicted octanol–water partition coefficient (Wildman–Crippen LogP) is 1.24. The van der Waals surface area contributed by atoms with E-state index in [4.69, 9.17) is 0 Å². The first-order valence-electron chi connectivity index (χ1n) is 12.3. The van der Waals surface area contributed by atoms with Crippen LogP contribution in [0.1, 0.15) is 44.9 Å². The highest BCUT2D eigenvalue weighted by Crippen LogP contribution is 2.44. The topological polar surface area (TPSA) is 74.6 Å². The Bertz CT molecular complexity index is 816. The molecule has 1 saturated carbocycles. The molecule has 168 valence electrons. The van der Waals surface area contributed by atoms with Crippen molar-refractivity contribution in [3.05, 3.63) is 12.7 Å². The molecule has 4 saturated heterocycles. The third-order valence-electron chi connectivity index (χ3n) is 8.85. The second-order valence-electron chi connectivity index (χ2n) is 10.6. The number of nitrogens with zero attached hydrogens (tertiary/aromatic N) is 6. The summed E-state index contributed by atoms with van der Waals surface area (Å²) in [7, 11) is 0. The lowest BCUT2D eigenvalue weighted by Crippen LogP contribution is -2.68. The summed E-state index contributed by atoms with van der Waals surface area (Å²) in [5.41, 5.74) is 0. The van der Waals surface area contributed by atoms with Gasteiger partial charge in [-0.05, 0) is 49.9 Å². The van der Waals surface area contributed by atoms with Crippen molar-refractivity contribution in [3.8, 4) is 0 Å². The van der Waals surface area contributed by atoms with E-state index in [0.717, 1.165) is 58.5 Å². The molecule has 1 aromatic heterocycles. The number of amides is 2. The molecule has 5 heterocycles. The van der Waals surface area contributed by atoms with Gasteiger partial charge in [-0.1, -0.05) is 6.42 Å². The summed E-state index contributed by atoms with van der Waals surface area (Å²) in [6, 6.07) is -0.00291. The van der Waals surface area contributed by atoms with Crippen LogP contribution in [0.25, 0.3) is 0 Å². The maximum Gasteiger partial charge on any atom is 0.245 e. The average molecular weight is 427 g/mol. The third-order valence-corrected chi connectivity index (χ3v) is 8.85. The number of hydrogen-bond donors (Lipinski definition) is 0. The van der Waals surface area contributed by atoms with Gasteiger partial charge >= 0.3 is 0 Å². The van der Waals surface area contributed by atoms with Crippen molar-refractivity contribution in [2.75, 3.05) is 32.7 Å². The van der Waals surface area contributed by atoms with Gasteiger partial charge in [0.25, 0.3) is 0 Å². The molecule has 6 rings (SSSR count). The first-order valence-corrected chi connectivity index (χ1v) is 12.3. The number of fused-ring (bicyclic) bond motifs is 5. The van der Waals surface area contributed by atoms with Crippen LogP contribution in [0.5, 0.6) is 0 Å². The fourth-order valence-corrected chi connectivity index (χ4v) is 7.45. The van der Waals surface area contributed by atoms with Gasteiger partial charge in [0.15, 0.2) is 0 Å². The highest BCUT2D eigenvalue weighted by molar-refractivity contribution is 5.89. The van der Waals surface area contributed by atoms with Gasteiger partial charge < -0.3 is 19.3 Å². The fourth-order valence-electron chi connectivity index (χ4n) is 7.45. The molecular weight excluding hydrogens is 392 g/mol. The lowest BCUT2D eigenvalue weighted by molar-refractivity contribution is -0.165. The molecule has 1 aliphatic carbocycles. The van der Waals surface area contributed by atoms with Gasteiger partial charge in [-0.25, -0.2) is 0 Å². The van der Waals surface area contributed by atoms with Gasteiger partial charge in [-0.15, -0.1) is 10.2 Å². The number of likely N-dealkylation sites (tertiary alicyclic amines) is 2. The quantitative estimate of drug-likeness (QED) is 0.724. The standard InChI is InChI=1S/C23H34N6O2/c30-21-6-2-5-20-18-9-19(11-26(10-18)7-8-27-14-24-25-15-27)22(29(20)21)23(31)28-12-16-3-1-4-17(16)13-28/h14-20,22H,1-13H2/t16-,17+,18-,19+,20+,22-/m1/s1. The highest BCUT2D eigenvalue weighted by Gasteiger charge is 2.53. The summed E-state index contributed by atoms with van der Waals surface area (Å²) in [6.45, 7) is 5.59. The highest BCUT2D eigenvalue weighted by atomic mass is 16.2. The second kappa shape index (κ2) is 7.87. The van der Waals surface area contributed by atoms with Crippen LogP contribution < -0.4 is 0 Å².